The average molecular weight is 206 g/mol. The molecule has 1 rings (SSSR count). The molecule has 0 aliphatic rings. The first-order valence-corrected chi connectivity index (χ1v) is 5.43. The molecule has 2 nitrogen and oxygen atoms in total. The second-order valence-electron chi connectivity index (χ2n) is 4.07. The van der Waals surface area contributed by atoms with Crippen LogP contribution in [-0.4, -0.2) is 10.9 Å². The molecule has 0 saturated heterocycles. The first kappa shape index (κ1) is 11.8. The van der Waals surface area contributed by atoms with Crippen LogP contribution in [-0.2, 0) is 0 Å². The van der Waals surface area contributed by atoms with E-state index in [0.717, 1.165) is 12.0 Å². The number of carbonyl (C=O) groups is 1. The van der Waals surface area contributed by atoms with Crippen molar-refractivity contribution in [2.24, 2.45) is 0 Å². The summed E-state index contributed by atoms with van der Waals surface area (Å²) < 4.78 is 0. The second kappa shape index (κ2) is 4.96. The molecular weight excluding hydrogens is 188 g/mol. The van der Waals surface area contributed by atoms with Crippen molar-refractivity contribution >= 4 is 5.78 Å². The molecule has 0 saturated carbocycles. The fourth-order valence-corrected chi connectivity index (χ4v) is 1.61. The van der Waals surface area contributed by atoms with Gasteiger partial charge in [0.1, 0.15) is 5.75 Å². The number of carbonyl (C=O) groups excluding carboxylic acids is 1. The van der Waals surface area contributed by atoms with Crippen LogP contribution in [0.25, 0.3) is 0 Å². The van der Waals surface area contributed by atoms with Crippen LogP contribution in [0, 0.1) is 0 Å². The number of rotatable bonds is 4. The van der Waals surface area contributed by atoms with Crippen LogP contribution in [0.1, 0.15) is 55.5 Å². The van der Waals surface area contributed by atoms with Crippen LogP contribution in [0.15, 0.2) is 18.2 Å². The Hall–Kier alpha value is -1.31. The van der Waals surface area contributed by atoms with Crippen molar-refractivity contribution in [3.05, 3.63) is 29.3 Å². The molecule has 1 N–H and O–H groups in total. The zero-order valence-electron chi connectivity index (χ0n) is 9.58. The molecule has 0 fully saturated rings. The Balaban J connectivity index is 3.09. The van der Waals surface area contributed by atoms with Gasteiger partial charge in [-0.2, -0.15) is 0 Å². The molecule has 1 aromatic rings. The van der Waals surface area contributed by atoms with Gasteiger partial charge in [0.25, 0.3) is 0 Å². The van der Waals surface area contributed by atoms with Crippen molar-refractivity contribution in [1.82, 2.24) is 0 Å². The van der Waals surface area contributed by atoms with Gasteiger partial charge in [0.05, 0.1) is 5.56 Å². The van der Waals surface area contributed by atoms with Gasteiger partial charge in [0.2, 0.25) is 0 Å². The van der Waals surface area contributed by atoms with Gasteiger partial charge in [-0.15, -0.1) is 0 Å². The van der Waals surface area contributed by atoms with E-state index < -0.39 is 0 Å². The topological polar surface area (TPSA) is 37.3 Å². The quantitative estimate of drug-likeness (QED) is 0.765. The van der Waals surface area contributed by atoms with Gasteiger partial charge in [-0.05, 0) is 24.0 Å². The van der Waals surface area contributed by atoms with Crippen LogP contribution < -0.4 is 0 Å². The molecule has 0 aliphatic carbocycles. The predicted molar refractivity (Wildman–Crippen MR) is 61.4 cm³/mol. The number of hydrogen-bond donors (Lipinski definition) is 1. The predicted octanol–water partition coefficient (Wildman–Crippen LogP) is 3.50. The maximum atomic E-state index is 11.7. The van der Waals surface area contributed by atoms with Gasteiger partial charge in [-0.1, -0.05) is 32.9 Å². The minimum absolute atomic E-state index is 0.0255. The number of benzene rings is 1. The van der Waals surface area contributed by atoms with Crippen molar-refractivity contribution in [3.63, 3.8) is 0 Å². The van der Waals surface area contributed by atoms with Crippen molar-refractivity contribution in [1.29, 1.82) is 0 Å². The molecule has 0 atom stereocenters. The first-order chi connectivity index (χ1) is 7.07. The molecule has 0 spiro atoms. The molecule has 0 heterocycles. The summed E-state index contributed by atoms with van der Waals surface area (Å²) in [6, 6.07) is 5.39. The molecular formula is C13H18O2. The summed E-state index contributed by atoms with van der Waals surface area (Å²) in [6.45, 7) is 5.97. The van der Waals surface area contributed by atoms with Crippen LogP contribution in [0.3, 0.4) is 0 Å². The molecule has 0 bridgehead atoms. The number of phenols is 1. The largest absolute Gasteiger partial charge is 0.507 e. The Morgan fingerprint density at radius 3 is 2.60 bits per heavy atom. The number of para-hydroxylation sites is 1. The maximum absolute atomic E-state index is 11.7. The summed E-state index contributed by atoms with van der Waals surface area (Å²) >= 11 is 0. The minimum Gasteiger partial charge on any atom is -0.507 e. The Bertz CT molecular complexity index is 354. The lowest BCUT2D eigenvalue weighted by Crippen LogP contribution is -2.01. The lowest BCUT2D eigenvalue weighted by Gasteiger charge is -2.11. The number of ketones is 1. The summed E-state index contributed by atoms with van der Waals surface area (Å²) in [5.74, 6) is 0.419. The third kappa shape index (κ3) is 2.58. The van der Waals surface area contributed by atoms with Gasteiger partial charge in [-0.25, -0.2) is 0 Å². The molecule has 1 aromatic carbocycles. The summed E-state index contributed by atoms with van der Waals surface area (Å²) in [7, 11) is 0. The second-order valence-corrected chi connectivity index (χ2v) is 4.07. The fourth-order valence-electron chi connectivity index (χ4n) is 1.61. The number of aromatic hydroxyl groups is 1. The van der Waals surface area contributed by atoms with Crippen LogP contribution in [0.5, 0.6) is 5.75 Å². The van der Waals surface area contributed by atoms with Gasteiger partial charge >= 0.3 is 0 Å². The third-order valence-electron chi connectivity index (χ3n) is 2.47. The molecule has 0 aliphatic heterocycles. The molecule has 0 radical (unpaired) electrons. The van der Waals surface area contributed by atoms with E-state index in [9.17, 15) is 9.90 Å². The van der Waals surface area contributed by atoms with Crippen molar-refractivity contribution in [2.75, 3.05) is 0 Å². The van der Waals surface area contributed by atoms with E-state index in [1.807, 2.05) is 32.9 Å². The summed E-state index contributed by atoms with van der Waals surface area (Å²) in [4.78, 5) is 11.7. The Morgan fingerprint density at radius 1 is 1.40 bits per heavy atom. The molecule has 2 heteroatoms. The summed E-state index contributed by atoms with van der Waals surface area (Å²) in [5, 5.41) is 9.94. The third-order valence-corrected chi connectivity index (χ3v) is 2.47. The van der Waals surface area contributed by atoms with Gasteiger partial charge in [0.15, 0.2) is 5.78 Å². The minimum atomic E-state index is 0.0255. The maximum Gasteiger partial charge on any atom is 0.166 e. The fraction of sp³-hybridized carbons (Fsp3) is 0.462. The Kier molecular flexibility index (Phi) is 3.89. The van der Waals surface area contributed by atoms with Crippen LogP contribution in [0.2, 0.25) is 0 Å². The smallest absolute Gasteiger partial charge is 0.166 e. The monoisotopic (exact) mass is 206 g/mol. The zero-order valence-corrected chi connectivity index (χ0v) is 9.58. The standard InChI is InChI=1S/C13H18O2/c1-4-6-12(14)11-8-5-7-10(9(2)3)13(11)15/h5,7-9,15H,4,6H2,1-3H3. The van der Waals surface area contributed by atoms with Crippen molar-refractivity contribution < 1.29 is 9.90 Å². The van der Waals surface area contributed by atoms with E-state index in [2.05, 4.69) is 0 Å². The van der Waals surface area contributed by atoms with Gasteiger partial charge in [0, 0.05) is 6.42 Å². The SMILES string of the molecule is CCCC(=O)c1cccc(C(C)C)c1O. The Morgan fingerprint density at radius 2 is 2.07 bits per heavy atom. The zero-order chi connectivity index (χ0) is 11.4. The van der Waals surface area contributed by atoms with E-state index in [1.165, 1.54) is 0 Å². The molecule has 0 amide bonds. The Labute approximate surface area is 90.9 Å². The van der Waals surface area contributed by atoms with E-state index >= 15 is 0 Å². The molecule has 15 heavy (non-hydrogen) atoms. The van der Waals surface area contributed by atoms with Gasteiger partial charge in [-0.3, -0.25) is 4.79 Å². The van der Waals surface area contributed by atoms with Crippen LogP contribution in [0.4, 0.5) is 0 Å². The lowest BCUT2D eigenvalue weighted by atomic mass is 9.96. The van der Waals surface area contributed by atoms with E-state index in [-0.39, 0.29) is 17.5 Å². The lowest BCUT2D eigenvalue weighted by molar-refractivity contribution is 0.0979. The highest BCUT2D eigenvalue weighted by Gasteiger charge is 2.14. The van der Waals surface area contributed by atoms with Gasteiger partial charge < -0.3 is 5.11 Å². The van der Waals surface area contributed by atoms with E-state index in [0.29, 0.717) is 12.0 Å². The number of Topliss-reactive ketones (excluding diaryl/α,β-unsaturated/α-hetero) is 1. The normalized spacial score (nSPS) is 10.7. The highest BCUT2D eigenvalue weighted by Crippen LogP contribution is 2.29. The summed E-state index contributed by atoms with van der Waals surface area (Å²) in [5.41, 5.74) is 1.31. The highest BCUT2D eigenvalue weighted by atomic mass is 16.3. The van der Waals surface area contributed by atoms with Crippen LogP contribution >= 0.6 is 0 Å². The van der Waals surface area contributed by atoms with Crippen molar-refractivity contribution in [3.8, 4) is 5.75 Å². The van der Waals surface area contributed by atoms with E-state index in [1.54, 1.807) is 6.07 Å². The number of phenolic OH excluding ortho intramolecular Hbond substituents is 1. The average Bonchev–Trinajstić information content (AvgIpc) is 2.17. The number of hydrogen-bond acceptors (Lipinski definition) is 2. The van der Waals surface area contributed by atoms with E-state index in [4.69, 9.17) is 0 Å². The molecule has 0 aromatic heterocycles. The first-order valence-electron chi connectivity index (χ1n) is 5.43. The molecule has 0 unspecified atom stereocenters. The summed E-state index contributed by atoms with van der Waals surface area (Å²) in [6.07, 6.45) is 1.30. The molecule has 82 valence electrons. The highest BCUT2D eigenvalue weighted by molar-refractivity contribution is 5.98. The van der Waals surface area contributed by atoms with Crippen molar-refractivity contribution in [2.45, 2.75) is 39.5 Å².